The quantitative estimate of drug-likeness (QED) is 0.532. The lowest BCUT2D eigenvalue weighted by atomic mass is 9.96. The van der Waals surface area contributed by atoms with Crippen LogP contribution in [0.15, 0.2) is 18.3 Å². The first kappa shape index (κ1) is 5.67. The summed E-state index contributed by atoms with van der Waals surface area (Å²) in [5, 5.41) is 0. The monoisotopic (exact) mass is 161 g/mol. The fraction of sp³-hybridized carbons (Fsp3) is 0.444. The molecule has 0 unspecified atom stereocenters. The zero-order valence-electron chi connectivity index (χ0n) is 6.31. The van der Waals surface area contributed by atoms with Gasteiger partial charge < -0.3 is 9.47 Å². The summed E-state index contributed by atoms with van der Waals surface area (Å²) in [6, 6.07) is 4.05. The molecule has 1 aromatic rings. The van der Waals surface area contributed by atoms with E-state index >= 15 is 0 Å². The highest BCUT2D eigenvalue weighted by atomic mass is 16.7. The normalized spacial score (nSPS) is 45.7. The second kappa shape index (κ2) is 1.56. The lowest BCUT2D eigenvalue weighted by Gasteiger charge is -2.05. The first-order valence-electron chi connectivity index (χ1n) is 4.21. The third kappa shape index (κ3) is 0.509. The first-order valence-corrected chi connectivity index (χ1v) is 4.21. The molecule has 0 aromatic carbocycles. The predicted octanol–water partition coefficient (Wildman–Crippen LogP) is 0.975. The Labute approximate surface area is 69.3 Å². The number of aromatic nitrogens is 1. The van der Waals surface area contributed by atoms with E-state index in [0.717, 1.165) is 5.69 Å². The smallest absolute Gasteiger partial charge is 0.129 e. The number of ether oxygens (including phenoxy) is 2. The average molecular weight is 161 g/mol. The van der Waals surface area contributed by atoms with Crippen molar-refractivity contribution < 1.29 is 9.47 Å². The van der Waals surface area contributed by atoms with E-state index in [0.29, 0.717) is 12.2 Å². The van der Waals surface area contributed by atoms with Crippen molar-refractivity contribution >= 4 is 0 Å². The molecule has 3 heterocycles. The molecule has 3 aliphatic rings. The second-order valence-corrected chi connectivity index (χ2v) is 3.52. The van der Waals surface area contributed by atoms with Gasteiger partial charge in [0, 0.05) is 11.8 Å². The fourth-order valence-electron chi connectivity index (χ4n) is 2.13. The van der Waals surface area contributed by atoms with Crippen LogP contribution >= 0.6 is 0 Å². The molecule has 0 saturated carbocycles. The van der Waals surface area contributed by atoms with Crippen molar-refractivity contribution in [2.75, 3.05) is 0 Å². The Balaban J connectivity index is 1.99. The number of nitrogens with zero attached hydrogens (tertiary/aromatic N) is 1. The minimum absolute atomic E-state index is 0.241. The van der Waals surface area contributed by atoms with E-state index in [1.165, 1.54) is 5.56 Å². The molecule has 0 spiro atoms. The Bertz CT molecular complexity index is 330. The Morgan fingerprint density at radius 2 is 2.00 bits per heavy atom. The molecule has 1 aliphatic carbocycles. The van der Waals surface area contributed by atoms with E-state index in [9.17, 15) is 0 Å². The zero-order valence-corrected chi connectivity index (χ0v) is 6.31. The minimum atomic E-state index is 0.241. The van der Waals surface area contributed by atoms with E-state index in [1.807, 2.05) is 12.3 Å². The van der Waals surface area contributed by atoms with Crippen molar-refractivity contribution in [2.24, 2.45) is 0 Å². The molecule has 60 valence electrons. The van der Waals surface area contributed by atoms with Crippen LogP contribution in [0.1, 0.15) is 23.5 Å². The van der Waals surface area contributed by atoms with Crippen LogP contribution in [0, 0.1) is 0 Å². The molecule has 1 aromatic heterocycles. The van der Waals surface area contributed by atoms with Crippen LogP contribution < -0.4 is 0 Å². The third-order valence-corrected chi connectivity index (χ3v) is 2.82. The summed E-state index contributed by atoms with van der Waals surface area (Å²) in [6.45, 7) is 0. The van der Waals surface area contributed by atoms with E-state index in [-0.39, 0.29) is 12.2 Å². The molecular formula is C9H7NO2. The summed E-state index contributed by atoms with van der Waals surface area (Å²) in [5.74, 6) is 0. The van der Waals surface area contributed by atoms with Gasteiger partial charge in [-0.2, -0.15) is 0 Å². The molecule has 0 bridgehead atoms. The number of hydrogen-bond donors (Lipinski definition) is 0. The van der Waals surface area contributed by atoms with Crippen molar-refractivity contribution in [1.82, 2.24) is 4.98 Å². The number of rotatable bonds is 0. The molecule has 0 N–H and O–H groups in total. The van der Waals surface area contributed by atoms with Crippen LogP contribution in [-0.4, -0.2) is 17.2 Å². The molecule has 3 nitrogen and oxygen atoms in total. The van der Waals surface area contributed by atoms with E-state index < -0.39 is 0 Å². The standard InChI is InChI=1S/C9H7NO2/c1-2-4-5(10-3-1)7-9(12-7)8-6(4)11-8/h1-3,6-9H/t6-,7+,8-,9+/m1/s1. The Morgan fingerprint density at radius 3 is 3.00 bits per heavy atom. The van der Waals surface area contributed by atoms with Gasteiger partial charge in [-0.1, -0.05) is 6.07 Å². The van der Waals surface area contributed by atoms with Gasteiger partial charge in [0.25, 0.3) is 0 Å². The predicted molar refractivity (Wildman–Crippen MR) is 39.5 cm³/mol. The van der Waals surface area contributed by atoms with Crippen LogP contribution in [0.2, 0.25) is 0 Å². The SMILES string of the molecule is c1cnc2c(c1)[C@H]1O[C@H]1[C@H]1O[C@@H]21. The molecule has 12 heavy (non-hydrogen) atoms. The van der Waals surface area contributed by atoms with Crippen molar-refractivity contribution in [3.05, 3.63) is 29.6 Å². The highest BCUT2D eigenvalue weighted by Gasteiger charge is 2.64. The van der Waals surface area contributed by atoms with Crippen LogP contribution in [0.3, 0.4) is 0 Å². The van der Waals surface area contributed by atoms with Gasteiger partial charge in [-0.05, 0) is 6.07 Å². The van der Waals surface area contributed by atoms with E-state index in [2.05, 4.69) is 11.1 Å². The molecule has 2 fully saturated rings. The first-order chi connectivity index (χ1) is 5.95. The third-order valence-electron chi connectivity index (χ3n) is 2.82. The van der Waals surface area contributed by atoms with Crippen LogP contribution in [0.25, 0.3) is 0 Å². The molecule has 4 rings (SSSR count). The van der Waals surface area contributed by atoms with Gasteiger partial charge in [0.2, 0.25) is 0 Å². The summed E-state index contributed by atoms with van der Waals surface area (Å²) in [7, 11) is 0. The van der Waals surface area contributed by atoms with Gasteiger partial charge in [0.15, 0.2) is 0 Å². The van der Waals surface area contributed by atoms with Gasteiger partial charge in [-0.3, -0.25) is 4.98 Å². The number of epoxide rings is 2. The van der Waals surface area contributed by atoms with Gasteiger partial charge >= 0.3 is 0 Å². The lowest BCUT2D eigenvalue weighted by molar-refractivity contribution is 0.303. The second-order valence-electron chi connectivity index (χ2n) is 3.52. The fourth-order valence-corrected chi connectivity index (χ4v) is 2.13. The van der Waals surface area contributed by atoms with Crippen molar-refractivity contribution in [2.45, 2.75) is 24.4 Å². The number of fused-ring (bicyclic) bond motifs is 6. The number of hydrogen-bond acceptors (Lipinski definition) is 3. The maximum Gasteiger partial charge on any atom is 0.129 e. The minimum Gasteiger partial charge on any atom is -0.361 e. The van der Waals surface area contributed by atoms with Crippen LogP contribution in [0.5, 0.6) is 0 Å². The molecule has 3 heteroatoms. The van der Waals surface area contributed by atoms with E-state index in [1.54, 1.807) is 0 Å². The summed E-state index contributed by atoms with van der Waals surface area (Å²) < 4.78 is 11.0. The topological polar surface area (TPSA) is 38.0 Å². The van der Waals surface area contributed by atoms with Gasteiger partial charge in [-0.15, -0.1) is 0 Å². The van der Waals surface area contributed by atoms with Gasteiger partial charge in [0.1, 0.15) is 24.4 Å². The average Bonchev–Trinajstić information content (AvgIpc) is 2.98. The summed E-state index contributed by atoms with van der Waals surface area (Å²) in [6.07, 6.45) is 3.01. The highest BCUT2D eigenvalue weighted by molar-refractivity contribution is 5.37. The van der Waals surface area contributed by atoms with Gasteiger partial charge in [-0.25, -0.2) is 0 Å². The Hall–Kier alpha value is -0.930. The van der Waals surface area contributed by atoms with Crippen LogP contribution in [0.4, 0.5) is 0 Å². The summed E-state index contributed by atoms with van der Waals surface area (Å²) >= 11 is 0. The Kier molecular flexibility index (Phi) is 0.736. The molecule has 0 radical (unpaired) electrons. The summed E-state index contributed by atoms with van der Waals surface area (Å²) in [4.78, 5) is 4.31. The van der Waals surface area contributed by atoms with E-state index in [4.69, 9.17) is 9.47 Å². The zero-order chi connectivity index (χ0) is 7.71. The lowest BCUT2D eigenvalue weighted by Crippen LogP contribution is -2.08. The van der Waals surface area contributed by atoms with Crippen molar-refractivity contribution in [3.8, 4) is 0 Å². The maximum absolute atomic E-state index is 5.49. The Morgan fingerprint density at radius 1 is 1.17 bits per heavy atom. The molecule has 0 amide bonds. The van der Waals surface area contributed by atoms with Crippen molar-refractivity contribution in [1.29, 1.82) is 0 Å². The molecule has 2 aliphatic heterocycles. The molecular weight excluding hydrogens is 154 g/mol. The summed E-state index contributed by atoms with van der Waals surface area (Å²) in [5.41, 5.74) is 2.34. The molecule has 4 atom stereocenters. The highest BCUT2D eigenvalue weighted by Crippen LogP contribution is 2.59. The number of pyridine rings is 1. The van der Waals surface area contributed by atoms with Crippen LogP contribution in [-0.2, 0) is 9.47 Å². The van der Waals surface area contributed by atoms with Gasteiger partial charge in [0.05, 0.1) is 5.69 Å². The van der Waals surface area contributed by atoms with Crippen molar-refractivity contribution in [3.63, 3.8) is 0 Å². The maximum atomic E-state index is 5.49. The largest absolute Gasteiger partial charge is 0.361 e. The molecule has 2 saturated heterocycles.